The fourth-order valence-electron chi connectivity index (χ4n) is 1.23. The highest BCUT2D eigenvalue weighted by molar-refractivity contribution is 7.88. The molecule has 1 aliphatic rings. The van der Waals surface area contributed by atoms with Crippen LogP contribution >= 0.6 is 0 Å². The SMILES string of the molecule is CS(=O)(=O)N1CCN(N=CC#N)CC1. The van der Waals surface area contributed by atoms with E-state index in [1.165, 1.54) is 10.6 Å². The molecule has 0 spiro atoms. The predicted octanol–water partition coefficient (Wildman–Crippen LogP) is -0.927. The van der Waals surface area contributed by atoms with Crippen LogP contribution in [-0.4, -0.2) is 56.4 Å². The number of piperazine rings is 1. The first-order valence-corrected chi connectivity index (χ1v) is 6.01. The van der Waals surface area contributed by atoms with E-state index in [0.29, 0.717) is 26.2 Å². The lowest BCUT2D eigenvalue weighted by molar-refractivity contribution is 0.197. The Kier molecular flexibility index (Phi) is 3.43. The summed E-state index contributed by atoms with van der Waals surface area (Å²) >= 11 is 0. The van der Waals surface area contributed by atoms with Crippen LogP contribution in [0.5, 0.6) is 0 Å². The lowest BCUT2D eigenvalue weighted by Gasteiger charge is -2.30. The Morgan fingerprint density at radius 1 is 1.36 bits per heavy atom. The average molecular weight is 216 g/mol. The van der Waals surface area contributed by atoms with Gasteiger partial charge in [-0.05, 0) is 0 Å². The second-order valence-electron chi connectivity index (χ2n) is 2.99. The molecule has 1 aliphatic heterocycles. The average Bonchev–Trinajstić information content (AvgIpc) is 2.14. The first-order valence-electron chi connectivity index (χ1n) is 4.16. The summed E-state index contributed by atoms with van der Waals surface area (Å²) in [6.07, 6.45) is 2.34. The number of nitriles is 1. The Morgan fingerprint density at radius 3 is 2.36 bits per heavy atom. The molecule has 0 aromatic rings. The maximum absolute atomic E-state index is 11.1. The van der Waals surface area contributed by atoms with Gasteiger partial charge in [0.1, 0.15) is 12.3 Å². The summed E-state index contributed by atoms with van der Waals surface area (Å²) in [6, 6.07) is 1.79. The van der Waals surface area contributed by atoms with Gasteiger partial charge in [-0.25, -0.2) is 8.42 Å². The summed E-state index contributed by atoms with van der Waals surface area (Å²) in [4.78, 5) is 0. The topological polar surface area (TPSA) is 76.8 Å². The molecule has 0 atom stereocenters. The number of hydrazone groups is 1. The van der Waals surface area contributed by atoms with Gasteiger partial charge < -0.3 is 0 Å². The fourth-order valence-corrected chi connectivity index (χ4v) is 2.06. The van der Waals surface area contributed by atoms with Crippen molar-refractivity contribution in [2.75, 3.05) is 32.4 Å². The summed E-state index contributed by atoms with van der Waals surface area (Å²) in [5.41, 5.74) is 0. The van der Waals surface area contributed by atoms with E-state index in [1.807, 2.05) is 0 Å². The van der Waals surface area contributed by atoms with Crippen molar-refractivity contribution in [3.05, 3.63) is 0 Å². The van der Waals surface area contributed by atoms with Crippen LogP contribution in [0, 0.1) is 11.3 Å². The van der Waals surface area contributed by atoms with Gasteiger partial charge in [-0.3, -0.25) is 5.01 Å². The second-order valence-corrected chi connectivity index (χ2v) is 4.97. The molecule has 1 saturated heterocycles. The van der Waals surface area contributed by atoms with Crippen molar-refractivity contribution in [2.24, 2.45) is 5.10 Å². The van der Waals surface area contributed by atoms with Crippen molar-refractivity contribution in [1.82, 2.24) is 9.31 Å². The summed E-state index contributed by atoms with van der Waals surface area (Å²) in [5, 5.41) is 13.8. The minimum Gasteiger partial charge on any atom is -0.294 e. The van der Waals surface area contributed by atoms with E-state index in [0.717, 1.165) is 6.21 Å². The third kappa shape index (κ3) is 2.97. The van der Waals surface area contributed by atoms with E-state index in [9.17, 15) is 8.42 Å². The van der Waals surface area contributed by atoms with Crippen molar-refractivity contribution in [3.63, 3.8) is 0 Å². The van der Waals surface area contributed by atoms with Crippen molar-refractivity contribution >= 4 is 16.2 Å². The van der Waals surface area contributed by atoms with E-state index in [1.54, 1.807) is 11.1 Å². The molecule has 7 heteroatoms. The molecule has 0 aliphatic carbocycles. The minimum absolute atomic E-state index is 0.432. The normalized spacial score (nSPS) is 19.9. The first kappa shape index (κ1) is 10.9. The van der Waals surface area contributed by atoms with Crippen LogP contribution in [-0.2, 0) is 10.0 Å². The Bertz CT molecular complexity index is 348. The van der Waals surface area contributed by atoms with Crippen molar-refractivity contribution in [3.8, 4) is 6.07 Å². The second kappa shape index (κ2) is 4.39. The van der Waals surface area contributed by atoms with Gasteiger partial charge in [-0.1, -0.05) is 0 Å². The zero-order valence-corrected chi connectivity index (χ0v) is 8.74. The van der Waals surface area contributed by atoms with Gasteiger partial charge in [0, 0.05) is 26.2 Å². The molecular formula is C7H12N4O2S. The molecule has 6 nitrogen and oxygen atoms in total. The van der Waals surface area contributed by atoms with Crippen LogP contribution < -0.4 is 0 Å². The molecule has 0 N–H and O–H groups in total. The van der Waals surface area contributed by atoms with E-state index in [-0.39, 0.29) is 0 Å². The van der Waals surface area contributed by atoms with Crippen molar-refractivity contribution in [1.29, 1.82) is 5.26 Å². The smallest absolute Gasteiger partial charge is 0.211 e. The van der Waals surface area contributed by atoms with Crippen LogP contribution in [0.2, 0.25) is 0 Å². The van der Waals surface area contributed by atoms with Gasteiger partial charge in [0.2, 0.25) is 10.0 Å². The van der Waals surface area contributed by atoms with E-state index in [4.69, 9.17) is 5.26 Å². The molecule has 0 unspecified atom stereocenters. The van der Waals surface area contributed by atoms with Crippen LogP contribution in [0.1, 0.15) is 0 Å². The molecule has 0 aromatic carbocycles. The van der Waals surface area contributed by atoms with Crippen LogP contribution in [0.25, 0.3) is 0 Å². The number of sulfonamides is 1. The van der Waals surface area contributed by atoms with Gasteiger partial charge >= 0.3 is 0 Å². The maximum atomic E-state index is 11.1. The Labute approximate surface area is 83.5 Å². The third-order valence-electron chi connectivity index (χ3n) is 1.96. The van der Waals surface area contributed by atoms with Gasteiger partial charge in [-0.15, -0.1) is 0 Å². The zero-order chi connectivity index (χ0) is 10.6. The standard InChI is InChI=1S/C7H12N4O2S/c1-14(12,13)11-6-4-10(5-7-11)9-3-2-8/h3H,4-7H2,1H3. The summed E-state index contributed by atoms with van der Waals surface area (Å²) in [5.74, 6) is 0. The quantitative estimate of drug-likeness (QED) is 0.559. The predicted molar refractivity (Wildman–Crippen MR) is 52.1 cm³/mol. The molecule has 0 saturated carbocycles. The monoisotopic (exact) mass is 216 g/mol. The highest BCUT2D eigenvalue weighted by Crippen LogP contribution is 2.05. The lowest BCUT2D eigenvalue weighted by Crippen LogP contribution is -2.46. The Morgan fingerprint density at radius 2 is 1.93 bits per heavy atom. The molecule has 14 heavy (non-hydrogen) atoms. The number of nitrogens with zero attached hydrogens (tertiary/aromatic N) is 4. The first-order chi connectivity index (χ1) is 6.54. The molecular weight excluding hydrogens is 204 g/mol. The minimum atomic E-state index is -3.08. The molecule has 0 amide bonds. The van der Waals surface area contributed by atoms with E-state index >= 15 is 0 Å². The Balaban J connectivity index is 2.48. The van der Waals surface area contributed by atoms with Gasteiger partial charge in [0.25, 0.3) is 0 Å². The van der Waals surface area contributed by atoms with Gasteiger partial charge in [0.05, 0.1) is 6.26 Å². The van der Waals surface area contributed by atoms with Crippen LogP contribution in [0.15, 0.2) is 5.10 Å². The highest BCUT2D eigenvalue weighted by Gasteiger charge is 2.22. The molecule has 1 fully saturated rings. The lowest BCUT2D eigenvalue weighted by atomic mass is 10.4. The highest BCUT2D eigenvalue weighted by atomic mass is 32.2. The van der Waals surface area contributed by atoms with Gasteiger partial charge in [0.15, 0.2) is 0 Å². The third-order valence-corrected chi connectivity index (χ3v) is 3.27. The maximum Gasteiger partial charge on any atom is 0.211 e. The largest absolute Gasteiger partial charge is 0.294 e. The van der Waals surface area contributed by atoms with E-state index in [2.05, 4.69) is 5.10 Å². The Hall–Kier alpha value is -1.13. The van der Waals surface area contributed by atoms with E-state index < -0.39 is 10.0 Å². The molecule has 1 heterocycles. The van der Waals surface area contributed by atoms with Gasteiger partial charge in [-0.2, -0.15) is 14.7 Å². The molecule has 1 rings (SSSR count). The van der Waals surface area contributed by atoms with Crippen LogP contribution in [0.3, 0.4) is 0 Å². The summed E-state index contributed by atoms with van der Waals surface area (Å²) in [7, 11) is -3.08. The molecule has 0 bridgehead atoms. The summed E-state index contributed by atoms with van der Waals surface area (Å²) < 4.78 is 23.7. The molecule has 0 radical (unpaired) electrons. The zero-order valence-electron chi connectivity index (χ0n) is 7.92. The number of hydrogen-bond acceptors (Lipinski definition) is 5. The molecule has 78 valence electrons. The van der Waals surface area contributed by atoms with Crippen LogP contribution in [0.4, 0.5) is 0 Å². The fraction of sp³-hybridized carbons (Fsp3) is 0.714. The van der Waals surface area contributed by atoms with Crippen molar-refractivity contribution < 1.29 is 8.42 Å². The number of rotatable bonds is 2. The molecule has 0 aromatic heterocycles. The summed E-state index contributed by atoms with van der Waals surface area (Å²) in [6.45, 7) is 1.93. The van der Waals surface area contributed by atoms with Crippen molar-refractivity contribution in [2.45, 2.75) is 0 Å². The number of hydrogen-bond donors (Lipinski definition) is 0.